The first-order chi connectivity index (χ1) is 17.8. The van der Waals surface area contributed by atoms with Crippen LogP contribution in [0.1, 0.15) is 93.7 Å². The third-order valence-electron chi connectivity index (χ3n) is 8.94. The van der Waals surface area contributed by atoms with Gasteiger partial charge in [0.05, 0.1) is 6.10 Å². The van der Waals surface area contributed by atoms with Crippen molar-refractivity contribution in [2.45, 2.75) is 88.9 Å². The first-order valence-corrected chi connectivity index (χ1v) is 13.8. The van der Waals surface area contributed by atoms with Gasteiger partial charge in [-0.25, -0.2) is 0 Å². The Bertz CT molecular complexity index is 1240. The van der Waals surface area contributed by atoms with Gasteiger partial charge >= 0.3 is 0 Å². The monoisotopic (exact) mass is 502 g/mol. The molecule has 0 bridgehead atoms. The number of likely N-dealkylation sites (tertiary alicyclic amines) is 1. The van der Waals surface area contributed by atoms with Crippen LogP contribution in [0.3, 0.4) is 0 Å². The van der Waals surface area contributed by atoms with Gasteiger partial charge < -0.3 is 14.7 Å². The molecular weight excluding hydrogens is 464 g/mol. The van der Waals surface area contributed by atoms with E-state index in [0.717, 1.165) is 55.5 Å². The van der Waals surface area contributed by atoms with Crippen LogP contribution in [0.15, 0.2) is 47.2 Å². The molecule has 1 atom stereocenters. The number of aromatic nitrogens is 3. The zero-order valence-corrected chi connectivity index (χ0v) is 22.1. The fourth-order valence-electron chi connectivity index (χ4n) is 6.35. The number of benzene rings is 1. The first kappa shape index (κ1) is 24.7. The van der Waals surface area contributed by atoms with Crippen molar-refractivity contribution in [1.29, 1.82) is 0 Å². The van der Waals surface area contributed by atoms with Crippen LogP contribution in [0.2, 0.25) is 0 Å². The molecule has 0 radical (unpaired) electrons. The van der Waals surface area contributed by atoms with Gasteiger partial charge in [0.15, 0.2) is 0 Å². The number of pyridine rings is 1. The van der Waals surface area contributed by atoms with Gasteiger partial charge in [-0.15, -0.1) is 0 Å². The molecule has 2 N–H and O–H groups in total. The third kappa shape index (κ3) is 4.41. The van der Waals surface area contributed by atoms with Crippen molar-refractivity contribution < 1.29 is 14.7 Å². The lowest BCUT2D eigenvalue weighted by Gasteiger charge is -2.57. The second kappa shape index (κ2) is 9.29. The van der Waals surface area contributed by atoms with Crippen molar-refractivity contribution in [3.63, 3.8) is 0 Å². The van der Waals surface area contributed by atoms with Crippen LogP contribution < -0.4 is 0 Å². The highest BCUT2D eigenvalue weighted by Gasteiger charge is 2.58. The Kier molecular flexibility index (Phi) is 6.21. The zero-order chi connectivity index (χ0) is 25.8. The Morgan fingerprint density at radius 1 is 1.00 bits per heavy atom. The zero-order valence-electron chi connectivity index (χ0n) is 22.1. The molecule has 3 fully saturated rings. The summed E-state index contributed by atoms with van der Waals surface area (Å²) in [7, 11) is 0. The molecule has 1 aliphatic heterocycles. The highest BCUT2D eigenvalue weighted by atomic mass is 16.5. The van der Waals surface area contributed by atoms with Gasteiger partial charge in [-0.05, 0) is 61.6 Å². The minimum absolute atomic E-state index is 0.180. The first-order valence-electron chi connectivity index (χ1n) is 13.8. The number of nitrogens with zero attached hydrogens (tertiary/aromatic N) is 4. The van der Waals surface area contributed by atoms with E-state index in [9.17, 15) is 10.2 Å². The van der Waals surface area contributed by atoms with Crippen LogP contribution >= 0.6 is 0 Å². The summed E-state index contributed by atoms with van der Waals surface area (Å²) in [5, 5.41) is 26.7. The lowest BCUT2D eigenvalue weighted by Crippen LogP contribution is -2.65. The molecule has 0 amide bonds. The summed E-state index contributed by atoms with van der Waals surface area (Å²) in [6, 6.07) is 11.1. The predicted molar refractivity (Wildman–Crippen MR) is 141 cm³/mol. The molecule has 0 spiro atoms. The van der Waals surface area contributed by atoms with Crippen molar-refractivity contribution in [1.82, 2.24) is 20.0 Å². The summed E-state index contributed by atoms with van der Waals surface area (Å²) in [5.74, 6) is 1.72. The topological polar surface area (TPSA) is 95.5 Å². The second-order valence-electron chi connectivity index (χ2n) is 12.1. The van der Waals surface area contributed by atoms with Crippen molar-refractivity contribution in [2.75, 3.05) is 13.1 Å². The van der Waals surface area contributed by atoms with Crippen molar-refractivity contribution in [3.8, 4) is 11.4 Å². The van der Waals surface area contributed by atoms with Crippen LogP contribution in [-0.4, -0.2) is 55.5 Å². The SMILES string of the molecule is CC(C)c1ccc([C@](O)(c2cncc(-c3noc(C4CCC(O)CC4)n3)c2)C2(C)CN(C3CC3)C2)cc1. The maximum atomic E-state index is 12.6. The molecule has 196 valence electrons. The largest absolute Gasteiger partial charge is 0.393 e. The normalized spacial score (nSPS) is 25.6. The lowest BCUT2D eigenvalue weighted by atomic mass is 9.61. The molecule has 2 aliphatic carbocycles. The molecule has 3 aliphatic rings. The number of aliphatic hydroxyl groups excluding tert-OH is 1. The van der Waals surface area contributed by atoms with E-state index >= 15 is 0 Å². The fraction of sp³-hybridized carbons (Fsp3) is 0.567. The van der Waals surface area contributed by atoms with E-state index in [2.05, 4.69) is 60.1 Å². The lowest BCUT2D eigenvalue weighted by molar-refractivity contribution is -0.138. The van der Waals surface area contributed by atoms with Crippen LogP contribution in [-0.2, 0) is 5.60 Å². The number of aliphatic hydroxyl groups is 2. The van der Waals surface area contributed by atoms with Gasteiger partial charge in [-0.3, -0.25) is 9.88 Å². The van der Waals surface area contributed by atoms with Gasteiger partial charge in [-0.1, -0.05) is 50.2 Å². The summed E-state index contributed by atoms with van der Waals surface area (Å²) in [6.45, 7) is 8.27. The predicted octanol–water partition coefficient (Wildman–Crippen LogP) is 4.99. The molecule has 3 heterocycles. The van der Waals surface area contributed by atoms with Gasteiger partial charge in [0.25, 0.3) is 0 Å². The van der Waals surface area contributed by atoms with Gasteiger partial charge in [0.1, 0.15) is 5.60 Å². The van der Waals surface area contributed by atoms with Gasteiger partial charge in [0.2, 0.25) is 11.7 Å². The Morgan fingerprint density at radius 2 is 1.70 bits per heavy atom. The summed E-state index contributed by atoms with van der Waals surface area (Å²) in [4.78, 5) is 11.7. The molecule has 2 saturated carbocycles. The highest BCUT2D eigenvalue weighted by Crippen LogP contribution is 2.53. The molecule has 6 rings (SSSR count). The highest BCUT2D eigenvalue weighted by molar-refractivity contribution is 5.56. The molecule has 3 aromatic rings. The fourth-order valence-corrected chi connectivity index (χ4v) is 6.35. The molecule has 1 aromatic carbocycles. The summed E-state index contributed by atoms with van der Waals surface area (Å²) in [6.07, 6.45) is 9.04. The van der Waals surface area contributed by atoms with Crippen molar-refractivity contribution >= 4 is 0 Å². The van der Waals surface area contributed by atoms with E-state index in [1.54, 1.807) is 12.4 Å². The van der Waals surface area contributed by atoms with E-state index < -0.39 is 5.60 Å². The molecule has 37 heavy (non-hydrogen) atoms. The molecular formula is C30H38N4O3. The van der Waals surface area contributed by atoms with E-state index in [1.165, 1.54) is 18.4 Å². The van der Waals surface area contributed by atoms with Crippen molar-refractivity contribution in [2.24, 2.45) is 5.41 Å². The van der Waals surface area contributed by atoms with E-state index in [0.29, 0.717) is 23.7 Å². The smallest absolute Gasteiger partial charge is 0.230 e. The van der Waals surface area contributed by atoms with Crippen LogP contribution in [0, 0.1) is 5.41 Å². The summed E-state index contributed by atoms with van der Waals surface area (Å²) < 4.78 is 5.65. The maximum absolute atomic E-state index is 12.6. The standard InChI is InChI=1S/C30H38N4O3/c1-19(2)20-4-8-23(9-5-20)30(36,29(3)17-34(18-29)25-10-11-25)24-14-22(15-31-16-24)27-32-28(37-33-27)21-6-12-26(35)13-7-21/h4-5,8-9,14-16,19,21,25-26,35-36H,6-7,10-13,17-18H2,1-3H3/t21?,26?,30-/m0/s1. The minimum atomic E-state index is -1.21. The Hall–Kier alpha value is -2.61. The van der Waals surface area contributed by atoms with E-state index in [4.69, 9.17) is 9.51 Å². The number of hydrogen-bond donors (Lipinski definition) is 2. The Morgan fingerprint density at radius 3 is 2.35 bits per heavy atom. The summed E-state index contributed by atoms with van der Waals surface area (Å²) >= 11 is 0. The third-order valence-corrected chi connectivity index (χ3v) is 8.94. The van der Waals surface area contributed by atoms with Gasteiger partial charge in [-0.2, -0.15) is 4.98 Å². The second-order valence-corrected chi connectivity index (χ2v) is 12.1. The van der Waals surface area contributed by atoms with Crippen molar-refractivity contribution in [3.05, 3.63) is 65.3 Å². The average Bonchev–Trinajstić information content (AvgIpc) is 3.62. The quantitative estimate of drug-likeness (QED) is 0.470. The van der Waals surface area contributed by atoms with Gasteiger partial charge in [0, 0.05) is 54.0 Å². The van der Waals surface area contributed by atoms with Crippen LogP contribution in [0.25, 0.3) is 11.4 Å². The maximum Gasteiger partial charge on any atom is 0.230 e. The molecule has 0 unspecified atom stereocenters. The molecule has 7 nitrogen and oxygen atoms in total. The summed E-state index contributed by atoms with van der Waals surface area (Å²) in [5.41, 5.74) is 2.09. The van der Waals surface area contributed by atoms with E-state index in [1.807, 2.05) is 6.07 Å². The Balaban J connectivity index is 1.34. The minimum Gasteiger partial charge on any atom is -0.393 e. The molecule has 7 heteroatoms. The van der Waals surface area contributed by atoms with E-state index in [-0.39, 0.29) is 17.4 Å². The number of rotatable bonds is 7. The average molecular weight is 503 g/mol. The Labute approximate surface area is 218 Å². The molecule has 2 aromatic heterocycles. The number of hydrogen-bond acceptors (Lipinski definition) is 7. The molecule has 1 saturated heterocycles. The van der Waals surface area contributed by atoms with Crippen LogP contribution in [0.5, 0.6) is 0 Å². The van der Waals surface area contributed by atoms with Crippen LogP contribution in [0.4, 0.5) is 0 Å².